The van der Waals surface area contributed by atoms with Crippen LogP contribution in [0.3, 0.4) is 0 Å². The number of hydrogen-bond acceptors (Lipinski definition) is 2. The summed E-state index contributed by atoms with van der Waals surface area (Å²) in [7, 11) is 0. The van der Waals surface area contributed by atoms with Crippen LogP contribution in [-0.4, -0.2) is 16.5 Å². The minimum atomic E-state index is 0.832. The number of nitrogens with one attached hydrogen (secondary N) is 2. The molecule has 0 amide bonds. The van der Waals surface area contributed by atoms with E-state index in [-0.39, 0.29) is 0 Å². The van der Waals surface area contributed by atoms with Crippen molar-refractivity contribution in [1.82, 2.24) is 15.3 Å². The quantitative estimate of drug-likeness (QED) is 0.678. The van der Waals surface area contributed by atoms with E-state index >= 15 is 0 Å². The van der Waals surface area contributed by atoms with E-state index in [1.54, 1.807) is 6.33 Å². The van der Waals surface area contributed by atoms with Crippen molar-refractivity contribution in [3.63, 3.8) is 0 Å². The van der Waals surface area contributed by atoms with Crippen LogP contribution in [0.1, 0.15) is 44.5 Å². The molecule has 0 radical (unpaired) electrons. The van der Waals surface area contributed by atoms with Gasteiger partial charge in [-0.1, -0.05) is 26.7 Å². The fraction of sp³-hybridized carbons (Fsp3) is 0.750. The molecule has 0 aliphatic rings. The lowest BCUT2D eigenvalue weighted by Crippen LogP contribution is -2.15. The second-order valence-corrected chi connectivity index (χ2v) is 4.54. The van der Waals surface area contributed by atoms with Crippen molar-refractivity contribution in [2.24, 2.45) is 5.92 Å². The van der Waals surface area contributed by atoms with Crippen molar-refractivity contribution >= 4 is 0 Å². The number of aryl methyl sites for hydroxylation is 1. The van der Waals surface area contributed by atoms with Gasteiger partial charge in [0.2, 0.25) is 0 Å². The number of nitrogens with zero attached hydrogens (tertiary/aromatic N) is 1. The summed E-state index contributed by atoms with van der Waals surface area (Å²) in [5, 5.41) is 3.42. The van der Waals surface area contributed by atoms with Crippen LogP contribution < -0.4 is 5.32 Å². The van der Waals surface area contributed by atoms with Crippen molar-refractivity contribution < 1.29 is 0 Å². The highest BCUT2D eigenvalue weighted by molar-refractivity contribution is 5.07. The Balaban J connectivity index is 2.00. The van der Waals surface area contributed by atoms with Gasteiger partial charge in [0.1, 0.15) is 0 Å². The number of aromatic amines is 1. The summed E-state index contributed by atoms with van der Waals surface area (Å²) in [6.07, 6.45) is 5.68. The van der Waals surface area contributed by atoms with Gasteiger partial charge in [-0.25, -0.2) is 4.98 Å². The van der Waals surface area contributed by atoms with Gasteiger partial charge < -0.3 is 10.3 Å². The third-order valence-corrected chi connectivity index (χ3v) is 2.61. The summed E-state index contributed by atoms with van der Waals surface area (Å²) in [6.45, 7) is 8.60. The number of H-pyrrole nitrogens is 1. The van der Waals surface area contributed by atoms with Crippen LogP contribution in [0.4, 0.5) is 0 Å². The number of hydrogen-bond donors (Lipinski definition) is 2. The molecule has 1 aromatic heterocycles. The van der Waals surface area contributed by atoms with E-state index < -0.39 is 0 Å². The molecule has 0 spiro atoms. The van der Waals surface area contributed by atoms with Gasteiger partial charge in [0.15, 0.2) is 0 Å². The third kappa shape index (κ3) is 4.98. The second-order valence-electron chi connectivity index (χ2n) is 4.54. The summed E-state index contributed by atoms with van der Waals surface area (Å²) < 4.78 is 0. The minimum Gasteiger partial charge on any atom is -0.348 e. The number of imidazole rings is 1. The maximum atomic E-state index is 4.24. The SMILES string of the molecule is Cc1[nH]cnc1CNCCCCC(C)C. The van der Waals surface area contributed by atoms with Crippen LogP contribution in [-0.2, 0) is 6.54 Å². The zero-order chi connectivity index (χ0) is 11.1. The van der Waals surface area contributed by atoms with E-state index in [0.717, 1.165) is 24.7 Å². The standard InChI is InChI=1S/C12H23N3/c1-10(2)6-4-5-7-13-8-12-11(3)14-9-15-12/h9-10,13H,4-8H2,1-3H3,(H,14,15). The molecule has 0 atom stereocenters. The number of rotatable bonds is 7. The first-order valence-corrected chi connectivity index (χ1v) is 5.89. The van der Waals surface area contributed by atoms with Crippen molar-refractivity contribution in [3.05, 3.63) is 17.7 Å². The first kappa shape index (κ1) is 12.2. The highest BCUT2D eigenvalue weighted by Gasteiger charge is 1.99. The molecule has 0 aliphatic heterocycles. The molecule has 3 nitrogen and oxygen atoms in total. The molecule has 0 aliphatic carbocycles. The Morgan fingerprint density at radius 1 is 1.40 bits per heavy atom. The van der Waals surface area contributed by atoms with E-state index in [1.165, 1.54) is 25.0 Å². The molecule has 15 heavy (non-hydrogen) atoms. The zero-order valence-electron chi connectivity index (χ0n) is 10.1. The maximum absolute atomic E-state index is 4.24. The molecule has 1 heterocycles. The van der Waals surface area contributed by atoms with Gasteiger partial charge in [-0.2, -0.15) is 0 Å². The van der Waals surface area contributed by atoms with Crippen LogP contribution in [0.15, 0.2) is 6.33 Å². The average molecular weight is 209 g/mol. The van der Waals surface area contributed by atoms with Crippen LogP contribution in [0, 0.1) is 12.8 Å². The molecule has 0 fully saturated rings. The van der Waals surface area contributed by atoms with Crippen LogP contribution in [0.5, 0.6) is 0 Å². The molecule has 0 saturated carbocycles. The van der Waals surface area contributed by atoms with E-state index in [0.29, 0.717) is 0 Å². The maximum Gasteiger partial charge on any atom is 0.0925 e. The molecule has 3 heteroatoms. The van der Waals surface area contributed by atoms with Crippen molar-refractivity contribution in [3.8, 4) is 0 Å². The summed E-state index contributed by atoms with van der Waals surface area (Å²) in [5.74, 6) is 0.832. The smallest absolute Gasteiger partial charge is 0.0925 e. The molecule has 1 aromatic rings. The number of aromatic nitrogens is 2. The van der Waals surface area contributed by atoms with Crippen molar-refractivity contribution in [2.75, 3.05) is 6.54 Å². The van der Waals surface area contributed by atoms with Gasteiger partial charge in [0.05, 0.1) is 12.0 Å². The lowest BCUT2D eigenvalue weighted by molar-refractivity contribution is 0.519. The highest BCUT2D eigenvalue weighted by atomic mass is 14.9. The van der Waals surface area contributed by atoms with E-state index in [2.05, 4.69) is 36.1 Å². The van der Waals surface area contributed by atoms with Gasteiger partial charge in [-0.15, -0.1) is 0 Å². The topological polar surface area (TPSA) is 40.7 Å². The Labute approximate surface area is 92.7 Å². The molecule has 0 bridgehead atoms. The van der Waals surface area contributed by atoms with Crippen molar-refractivity contribution in [1.29, 1.82) is 0 Å². The fourth-order valence-corrected chi connectivity index (χ4v) is 1.57. The van der Waals surface area contributed by atoms with E-state index in [9.17, 15) is 0 Å². The molecule has 0 aromatic carbocycles. The third-order valence-electron chi connectivity index (χ3n) is 2.61. The predicted molar refractivity (Wildman–Crippen MR) is 63.7 cm³/mol. The summed E-state index contributed by atoms with van der Waals surface area (Å²) >= 11 is 0. The highest BCUT2D eigenvalue weighted by Crippen LogP contribution is 2.05. The van der Waals surface area contributed by atoms with Gasteiger partial charge in [0.25, 0.3) is 0 Å². The van der Waals surface area contributed by atoms with Crippen LogP contribution in [0.2, 0.25) is 0 Å². The van der Waals surface area contributed by atoms with Gasteiger partial charge in [0, 0.05) is 12.2 Å². The molecule has 1 rings (SSSR count). The van der Waals surface area contributed by atoms with Gasteiger partial charge in [-0.3, -0.25) is 0 Å². The molecule has 86 valence electrons. The van der Waals surface area contributed by atoms with E-state index in [4.69, 9.17) is 0 Å². The Morgan fingerprint density at radius 2 is 2.20 bits per heavy atom. The summed E-state index contributed by atoms with van der Waals surface area (Å²) in [5.41, 5.74) is 2.31. The lowest BCUT2D eigenvalue weighted by atomic mass is 10.1. The summed E-state index contributed by atoms with van der Waals surface area (Å²) in [4.78, 5) is 7.33. The normalized spacial score (nSPS) is 11.2. The monoisotopic (exact) mass is 209 g/mol. The second kappa shape index (κ2) is 6.62. The van der Waals surface area contributed by atoms with Crippen LogP contribution >= 0.6 is 0 Å². The Morgan fingerprint density at radius 3 is 2.80 bits per heavy atom. The predicted octanol–water partition coefficient (Wildman–Crippen LogP) is 2.63. The lowest BCUT2D eigenvalue weighted by Gasteiger charge is -2.05. The fourth-order valence-electron chi connectivity index (χ4n) is 1.57. The van der Waals surface area contributed by atoms with Crippen LogP contribution in [0.25, 0.3) is 0 Å². The average Bonchev–Trinajstić information content (AvgIpc) is 2.57. The zero-order valence-corrected chi connectivity index (χ0v) is 10.1. The Bertz CT molecular complexity index is 266. The minimum absolute atomic E-state index is 0.832. The molecule has 0 saturated heterocycles. The Hall–Kier alpha value is -0.830. The van der Waals surface area contributed by atoms with Gasteiger partial charge in [-0.05, 0) is 25.8 Å². The largest absolute Gasteiger partial charge is 0.348 e. The molecular formula is C12H23N3. The summed E-state index contributed by atoms with van der Waals surface area (Å²) in [6, 6.07) is 0. The molecule has 2 N–H and O–H groups in total. The first-order chi connectivity index (χ1) is 7.20. The first-order valence-electron chi connectivity index (χ1n) is 5.89. The van der Waals surface area contributed by atoms with Crippen molar-refractivity contribution in [2.45, 2.75) is 46.6 Å². The molecular weight excluding hydrogens is 186 g/mol. The Kier molecular flexibility index (Phi) is 5.40. The van der Waals surface area contributed by atoms with Gasteiger partial charge >= 0.3 is 0 Å². The molecule has 0 unspecified atom stereocenters. The number of unbranched alkanes of at least 4 members (excludes halogenated alkanes) is 1. The van der Waals surface area contributed by atoms with E-state index in [1.807, 2.05) is 0 Å².